The molecule has 112 heavy (non-hydrogen) atoms. The highest BCUT2D eigenvalue weighted by atomic mass is 35.5. The van der Waals surface area contributed by atoms with E-state index in [9.17, 15) is 79.8 Å². The molecule has 0 N–H and O–H groups in total. The average molecular weight is 1690 g/mol. The van der Waals surface area contributed by atoms with Gasteiger partial charge in [0.25, 0.3) is 10.0 Å². The van der Waals surface area contributed by atoms with Gasteiger partial charge in [-0.1, -0.05) is 46.4 Å². The molecule has 26 nitrogen and oxygen atoms in total. The number of aliphatic imine (C=N–C) groups is 4. The van der Waals surface area contributed by atoms with Gasteiger partial charge in [-0.15, -0.1) is 42.5 Å². The van der Waals surface area contributed by atoms with E-state index in [1.54, 1.807) is 6.19 Å². The van der Waals surface area contributed by atoms with Crippen molar-refractivity contribution in [1.29, 1.82) is 52.6 Å². The molecular formula is C62H2Cl4F16N24O2S4. The van der Waals surface area contributed by atoms with Crippen molar-refractivity contribution in [1.82, 2.24) is 0 Å². The first-order valence-electron chi connectivity index (χ1n) is 26.2. The lowest BCUT2D eigenvalue weighted by atomic mass is 9.90. The van der Waals surface area contributed by atoms with E-state index < -0.39 is 181 Å². The Morgan fingerprint density at radius 1 is 0.348 bits per heavy atom. The normalized spacial score (nSPS) is 15.1. The van der Waals surface area contributed by atoms with E-state index in [1.165, 1.54) is 18.3 Å². The van der Waals surface area contributed by atoms with Gasteiger partial charge in [-0.05, 0) is 12.2 Å². The molecule has 546 valence electrons. The van der Waals surface area contributed by atoms with Crippen LogP contribution in [0.4, 0.5) is 80.2 Å². The predicted octanol–water partition coefficient (Wildman–Crippen LogP) is 16.3. The number of allylic oxidation sites excluding steroid dienone is 14. The Labute approximate surface area is 644 Å². The van der Waals surface area contributed by atoms with Crippen molar-refractivity contribution in [3.63, 3.8) is 0 Å². The topological polar surface area (TPSA) is 397 Å². The third-order valence-corrected chi connectivity index (χ3v) is 18.3. The van der Waals surface area contributed by atoms with E-state index in [-0.39, 0.29) is 60.0 Å². The third kappa shape index (κ3) is 18.4. The summed E-state index contributed by atoms with van der Waals surface area (Å²) in [5.41, 5.74) is -12.3. The zero-order valence-corrected chi connectivity index (χ0v) is 58.2. The van der Waals surface area contributed by atoms with E-state index in [0.717, 1.165) is 82.0 Å². The molecule has 4 aliphatic carbocycles. The molecule has 3 aromatic carbocycles. The molecule has 0 saturated heterocycles. The molecule has 0 aliphatic heterocycles. The molecule has 5 aromatic rings. The fourth-order valence-corrected chi connectivity index (χ4v) is 12.6. The molecule has 4 aliphatic rings. The number of hydrogen-bond acceptors (Lipinski definition) is 24. The molecule has 0 unspecified atom stereocenters. The number of hydrogen-bond donors (Lipinski definition) is 0. The van der Waals surface area contributed by atoms with Crippen LogP contribution in [-0.2, 0) is 0 Å². The van der Waals surface area contributed by atoms with Crippen LogP contribution in [0.3, 0.4) is 0 Å². The van der Waals surface area contributed by atoms with Gasteiger partial charge in [-0.25, -0.2) is 79.9 Å². The molecule has 0 saturated carbocycles. The zero-order chi connectivity index (χ0) is 84.6. The fourth-order valence-electron chi connectivity index (χ4n) is 7.59. The Bertz CT molecular complexity index is 5960. The van der Waals surface area contributed by atoms with Gasteiger partial charge in [-0.3, -0.25) is 9.59 Å². The maximum atomic E-state index is 13.8. The third-order valence-electron chi connectivity index (χ3n) is 12.1. The molecule has 0 spiro atoms. The van der Waals surface area contributed by atoms with Crippen LogP contribution in [0.5, 0.6) is 0 Å². The van der Waals surface area contributed by atoms with Crippen LogP contribution >= 0.6 is 91.8 Å². The summed E-state index contributed by atoms with van der Waals surface area (Å²) in [6, 6.07) is 8.06. The molecule has 0 bridgehead atoms. The Morgan fingerprint density at radius 2 is 0.652 bits per heavy atom. The Balaban J connectivity index is 0.000000286. The van der Waals surface area contributed by atoms with Gasteiger partial charge in [0.05, 0.1) is 89.7 Å². The summed E-state index contributed by atoms with van der Waals surface area (Å²) in [5.74, 6) is -30.7. The minimum absolute atomic E-state index is 0.0566. The minimum atomic E-state index is -2.31. The molecule has 0 fully saturated rings. The van der Waals surface area contributed by atoms with Gasteiger partial charge in [-0.2, -0.15) is 122 Å². The zero-order valence-electron chi connectivity index (χ0n) is 51.9. The van der Waals surface area contributed by atoms with E-state index >= 15 is 0 Å². The first-order valence-corrected chi connectivity index (χ1v) is 31.0. The summed E-state index contributed by atoms with van der Waals surface area (Å²) in [5, 5.41) is 92.9. The molecule has 2 aromatic heterocycles. The van der Waals surface area contributed by atoms with E-state index in [4.69, 9.17) is 138 Å². The number of benzene rings is 3. The highest BCUT2D eigenvalue weighted by Crippen LogP contribution is 2.43. The highest BCUT2D eigenvalue weighted by Gasteiger charge is 2.41. The van der Waals surface area contributed by atoms with Crippen molar-refractivity contribution < 1.29 is 70.2 Å². The van der Waals surface area contributed by atoms with Gasteiger partial charge in [0, 0.05) is 0 Å². The molecule has 2 heterocycles. The van der Waals surface area contributed by atoms with Crippen LogP contribution in [-0.4, -0.2) is 45.7 Å². The summed E-state index contributed by atoms with van der Waals surface area (Å²) in [4.78, 5) is 53.7. The van der Waals surface area contributed by atoms with Crippen LogP contribution in [0.1, 0.15) is 20.9 Å². The van der Waals surface area contributed by atoms with Crippen molar-refractivity contribution in [2.24, 2.45) is 40.4 Å². The summed E-state index contributed by atoms with van der Waals surface area (Å²) < 4.78 is 215. The monoisotopic (exact) mass is 1690 g/mol. The first-order chi connectivity index (χ1) is 53.1. The van der Waals surface area contributed by atoms with Crippen LogP contribution in [0.15, 0.2) is 129 Å². The summed E-state index contributed by atoms with van der Waals surface area (Å²) in [7, 11) is 0. The number of nitriles is 10. The lowest BCUT2D eigenvalue weighted by Gasteiger charge is -2.17. The second-order valence-corrected chi connectivity index (χ2v) is 23.6. The molecular weight excluding hydrogens is 1690 g/mol. The molecule has 0 radical (unpaired) electrons. The van der Waals surface area contributed by atoms with Crippen LogP contribution in [0.25, 0.3) is 59.5 Å². The number of nitrogens with zero attached hydrogens (tertiary/aromatic N) is 24. The predicted molar refractivity (Wildman–Crippen MR) is 367 cm³/mol. The van der Waals surface area contributed by atoms with E-state index in [0.29, 0.717) is 0 Å². The summed E-state index contributed by atoms with van der Waals surface area (Å²) in [6.45, 7) is 39.8. The van der Waals surface area contributed by atoms with Crippen molar-refractivity contribution in [3.8, 4) is 61.2 Å². The Morgan fingerprint density at radius 3 is 1.03 bits per heavy atom. The standard InChI is InChI=1S/C14N4O2S4.C12F6N4.C12F4N4.C8Cl2F2N4.C8H2Cl2N4.C8F4N4/c1-17-13-14(18-2)24-12-8(20)10-9(7(19)11(12)23-13)21-5(3-15)6(4-16)22-10;1-20-22-12-4-3(5(13)7(15)8(16)6(4)14)11(21-2-19)9(17)10(12)18;13-9-7(5(1-17)2-18)10(14)12(16)8(11(9)15)6(3-19)4-20;1-14-16-8-4(10)5(11)7(15-2-13)3(9)6(8)12;1-12-14-8-3-5(9)7(13-4-11)2-6(8)10;1-14-16-8-5(11)3(9)7(15-2-13)4(10)6(8)12/h;;;;2-3H;/b;21-11?,22-12+;;15-7?,16-8-;13-7?,14-8-;. The quantitative estimate of drug-likeness (QED) is 0.0204. The lowest BCUT2D eigenvalue weighted by molar-refractivity contribution is 0.406. The van der Waals surface area contributed by atoms with Crippen LogP contribution in [0, 0.1) is 200 Å². The molecule has 50 heteroatoms. The van der Waals surface area contributed by atoms with Crippen molar-refractivity contribution in [3.05, 3.63) is 246 Å². The largest absolute Gasteiger partial charge is 0.287 e. The second-order valence-electron chi connectivity index (χ2n) is 17.9. The second kappa shape index (κ2) is 39.9. The van der Waals surface area contributed by atoms with Crippen LogP contribution in [0.2, 0.25) is 0 Å². The number of rotatable bonds is 0. The fraction of sp³-hybridized carbons (Fsp3) is 0. The van der Waals surface area contributed by atoms with Gasteiger partial charge in [0.1, 0.15) is 78.8 Å². The van der Waals surface area contributed by atoms with Crippen molar-refractivity contribution in [2.45, 2.75) is 0 Å². The number of halogens is 20. The maximum absolute atomic E-state index is 13.8. The average Bonchev–Trinajstić information content (AvgIpc) is 0.729. The van der Waals surface area contributed by atoms with E-state index in [2.05, 4.69) is 69.9 Å². The van der Waals surface area contributed by atoms with Gasteiger partial charge < -0.3 is 0 Å². The van der Waals surface area contributed by atoms with Crippen molar-refractivity contribution in [2.75, 3.05) is 0 Å². The molecule has 0 atom stereocenters. The lowest BCUT2D eigenvalue weighted by Crippen LogP contribution is -2.31. The number of fused-ring (bicyclic) bond motifs is 3. The van der Waals surface area contributed by atoms with E-state index in [1.807, 2.05) is 12.1 Å². The Kier molecular flexibility index (Phi) is 31.8. The minimum Gasteiger partial charge on any atom is -0.287 e. The van der Waals surface area contributed by atoms with Crippen molar-refractivity contribution >= 4 is 177 Å². The smallest absolute Gasteiger partial charge is 0.259 e. The molecule has 9 rings (SSSR count). The summed E-state index contributed by atoms with van der Waals surface area (Å²) >= 11 is 25.5. The highest BCUT2D eigenvalue weighted by molar-refractivity contribution is 7.35. The SMILES string of the molecule is N#CC(C#N)=c1c(F)c(F)c(=C(C#N)C#N)c(F)c1F.[C-]#[N+]/N=C1/C(F)=C(F)C(=NC#N)c2c(F)c(F)c(F)c(F)c21.[C-]#[N+]/N=C1/C=C(Cl)C(=NC#N)C=C1Cl.[C-]#[N+]/N=C1\C(F)=C(Cl)C(=NC#N)C(F)=C1Cl.[C-]#[N+]N=C1C(F)=C(F)C(=NC#N)C(F)=C1F.[C-]#[N+]c1sc2c(=O)c3sc(C#N)c(C#N)sc3c(=O)c2sc1[N+]#[C-]. The van der Waals surface area contributed by atoms with Gasteiger partial charge >= 0.3 is 0 Å². The van der Waals surface area contributed by atoms with Gasteiger partial charge in [0.15, 0.2) is 110 Å². The Hall–Kier alpha value is -15.2. The molecule has 0 amide bonds. The maximum Gasteiger partial charge on any atom is 0.259 e. The first kappa shape index (κ1) is 89.2. The van der Waals surface area contributed by atoms with Gasteiger partial charge in [0.2, 0.25) is 47.1 Å². The van der Waals surface area contributed by atoms with Crippen LogP contribution < -0.4 is 21.3 Å². The summed E-state index contributed by atoms with van der Waals surface area (Å²) in [6.07, 6.45) is 7.61.